The molecule has 1 N–H and O–H groups in total. The summed E-state index contributed by atoms with van der Waals surface area (Å²) in [5, 5.41) is 2.67. The lowest BCUT2D eigenvalue weighted by molar-refractivity contribution is 0.0964. The van der Waals surface area contributed by atoms with Gasteiger partial charge in [-0.15, -0.1) is 0 Å². The Morgan fingerprint density at radius 1 is 0.941 bits per heavy atom. The summed E-state index contributed by atoms with van der Waals surface area (Å²) >= 11 is 0. The highest BCUT2D eigenvalue weighted by Gasteiger charge is 2.11. The minimum Gasteiger partial charge on any atom is -0.355 e. The van der Waals surface area contributed by atoms with Crippen molar-refractivity contribution < 1.29 is 4.79 Å². The summed E-state index contributed by atoms with van der Waals surface area (Å²) in [7, 11) is 1.65. The van der Waals surface area contributed by atoms with Crippen LogP contribution in [0, 0.1) is 6.92 Å². The third kappa shape index (κ3) is 2.21. The van der Waals surface area contributed by atoms with Crippen LogP contribution in [0.4, 0.5) is 0 Å². The van der Waals surface area contributed by atoms with Crippen LogP contribution in [-0.2, 0) is 0 Å². The molecule has 1 amide bonds. The number of amides is 1. The molecule has 0 radical (unpaired) electrons. The van der Waals surface area contributed by atoms with Crippen LogP contribution >= 0.6 is 0 Å². The van der Waals surface area contributed by atoms with Gasteiger partial charge in [-0.1, -0.05) is 42.5 Å². The van der Waals surface area contributed by atoms with Crippen molar-refractivity contribution in [3.63, 3.8) is 0 Å². The number of hydrogen-bond donors (Lipinski definition) is 1. The molecule has 2 aromatic carbocycles. The van der Waals surface area contributed by atoms with E-state index < -0.39 is 0 Å². The van der Waals surface area contributed by atoms with Crippen LogP contribution in [0.2, 0.25) is 0 Å². The smallest absolute Gasteiger partial charge is 0.251 e. The normalized spacial score (nSPS) is 10.0. The van der Waals surface area contributed by atoms with Crippen LogP contribution in [0.1, 0.15) is 15.9 Å². The van der Waals surface area contributed by atoms with Gasteiger partial charge in [-0.25, -0.2) is 0 Å². The summed E-state index contributed by atoms with van der Waals surface area (Å²) in [5.41, 5.74) is 3.96. The molecule has 0 unspecified atom stereocenters. The van der Waals surface area contributed by atoms with Crippen molar-refractivity contribution in [1.29, 1.82) is 0 Å². The molecule has 0 aliphatic heterocycles. The van der Waals surface area contributed by atoms with Crippen LogP contribution in [0.25, 0.3) is 11.1 Å². The maximum Gasteiger partial charge on any atom is 0.251 e. The fraction of sp³-hybridized carbons (Fsp3) is 0.133. The summed E-state index contributed by atoms with van der Waals surface area (Å²) in [4.78, 5) is 11.8. The lowest BCUT2D eigenvalue weighted by Crippen LogP contribution is -2.18. The second-order valence-electron chi connectivity index (χ2n) is 3.94. The highest BCUT2D eigenvalue weighted by molar-refractivity contribution is 6.01. The summed E-state index contributed by atoms with van der Waals surface area (Å²) < 4.78 is 0. The second-order valence-corrected chi connectivity index (χ2v) is 3.94. The van der Waals surface area contributed by atoms with E-state index in [2.05, 4.69) is 18.3 Å². The predicted octanol–water partition coefficient (Wildman–Crippen LogP) is 3.02. The number of benzene rings is 2. The van der Waals surface area contributed by atoms with Crippen LogP contribution in [-0.4, -0.2) is 13.0 Å². The van der Waals surface area contributed by atoms with Gasteiger partial charge in [0.25, 0.3) is 5.91 Å². The topological polar surface area (TPSA) is 29.1 Å². The lowest BCUT2D eigenvalue weighted by Gasteiger charge is -2.10. The van der Waals surface area contributed by atoms with Gasteiger partial charge in [-0.2, -0.15) is 0 Å². The van der Waals surface area contributed by atoms with E-state index in [0.29, 0.717) is 5.56 Å². The number of aryl methyl sites for hydroxylation is 1. The largest absolute Gasteiger partial charge is 0.355 e. The minimum atomic E-state index is -0.0520. The molecular formula is C15H15NO. The van der Waals surface area contributed by atoms with Crippen molar-refractivity contribution in [1.82, 2.24) is 5.32 Å². The van der Waals surface area contributed by atoms with Crippen LogP contribution in [0.15, 0.2) is 48.5 Å². The molecule has 0 spiro atoms. The van der Waals surface area contributed by atoms with Crippen molar-refractivity contribution in [2.75, 3.05) is 7.05 Å². The molecule has 0 fully saturated rings. The third-order valence-electron chi connectivity index (χ3n) is 2.83. The van der Waals surface area contributed by atoms with E-state index in [0.717, 1.165) is 11.1 Å². The first-order valence-corrected chi connectivity index (χ1v) is 5.61. The zero-order valence-electron chi connectivity index (χ0n) is 10.0. The summed E-state index contributed by atoms with van der Waals surface area (Å²) in [5.74, 6) is -0.0520. The van der Waals surface area contributed by atoms with E-state index in [1.807, 2.05) is 42.5 Å². The zero-order valence-corrected chi connectivity index (χ0v) is 10.0. The van der Waals surface area contributed by atoms with E-state index >= 15 is 0 Å². The summed E-state index contributed by atoms with van der Waals surface area (Å²) in [6.07, 6.45) is 0. The number of hydrogen-bond acceptors (Lipinski definition) is 1. The molecule has 0 aliphatic rings. The average molecular weight is 225 g/mol. The monoisotopic (exact) mass is 225 g/mol. The molecule has 2 rings (SSSR count). The molecule has 0 heterocycles. The van der Waals surface area contributed by atoms with E-state index in [1.165, 1.54) is 5.56 Å². The van der Waals surface area contributed by atoms with Crippen LogP contribution < -0.4 is 5.32 Å². The Hall–Kier alpha value is -2.09. The fourth-order valence-electron chi connectivity index (χ4n) is 1.93. The Morgan fingerprint density at radius 2 is 1.53 bits per heavy atom. The Bertz CT molecular complexity index is 546. The number of carbonyl (C=O) groups is 1. The Kier molecular flexibility index (Phi) is 3.24. The van der Waals surface area contributed by atoms with E-state index in [1.54, 1.807) is 7.05 Å². The number of carbonyl (C=O) groups excluding carboxylic acids is 1. The van der Waals surface area contributed by atoms with Gasteiger partial charge in [0.1, 0.15) is 0 Å². The molecule has 2 aromatic rings. The van der Waals surface area contributed by atoms with Gasteiger partial charge in [0, 0.05) is 12.6 Å². The first-order valence-electron chi connectivity index (χ1n) is 5.61. The van der Waals surface area contributed by atoms with Crippen LogP contribution in [0.5, 0.6) is 0 Å². The first kappa shape index (κ1) is 11.4. The van der Waals surface area contributed by atoms with Gasteiger partial charge in [-0.05, 0) is 29.7 Å². The molecule has 2 heteroatoms. The van der Waals surface area contributed by atoms with Gasteiger partial charge in [0.05, 0.1) is 0 Å². The van der Waals surface area contributed by atoms with E-state index in [9.17, 15) is 4.79 Å². The first-order chi connectivity index (χ1) is 8.24. The summed E-state index contributed by atoms with van der Waals surface area (Å²) in [6, 6.07) is 15.7. The standard InChI is InChI=1S/C15H15NO/c1-11-7-3-4-8-12(11)13-9-5-6-10-14(13)15(17)16-2/h3-10H,1-2H3,(H,16,17). The molecule has 0 atom stereocenters. The van der Waals surface area contributed by atoms with Crippen molar-refractivity contribution in [3.8, 4) is 11.1 Å². The van der Waals surface area contributed by atoms with Crippen molar-refractivity contribution in [3.05, 3.63) is 59.7 Å². The maximum absolute atomic E-state index is 11.8. The highest BCUT2D eigenvalue weighted by Crippen LogP contribution is 2.26. The third-order valence-corrected chi connectivity index (χ3v) is 2.83. The molecule has 0 aliphatic carbocycles. The molecule has 0 bridgehead atoms. The van der Waals surface area contributed by atoms with E-state index in [4.69, 9.17) is 0 Å². The summed E-state index contributed by atoms with van der Waals surface area (Å²) in [6.45, 7) is 2.05. The highest BCUT2D eigenvalue weighted by atomic mass is 16.1. The van der Waals surface area contributed by atoms with Gasteiger partial charge in [0.15, 0.2) is 0 Å². The second kappa shape index (κ2) is 4.83. The fourth-order valence-corrected chi connectivity index (χ4v) is 1.93. The van der Waals surface area contributed by atoms with Crippen molar-refractivity contribution in [2.45, 2.75) is 6.92 Å². The van der Waals surface area contributed by atoms with Gasteiger partial charge >= 0.3 is 0 Å². The number of nitrogens with one attached hydrogen (secondary N) is 1. The quantitative estimate of drug-likeness (QED) is 0.836. The molecular weight excluding hydrogens is 210 g/mol. The Morgan fingerprint density at radius 3 is 2.18 bits per heavy atom. The Balaban J connectivity index is 2.60. The zero-order chi connectivity index (χ0) is 12.3. The van der Waals surface area contributed by atoms with Gasteiger partial charge in [-0.3, -0.25) is 4.79 Å². The van der Waals surface area contributed by atoms with Gasteiger partial charge < -0.3 is 5.32 Å². The van der Waals surface area contributed by atoms with Gasteiger partial charge in [0.2, 0.25) is 0 Å². The molecule has 0 saturated carbocycles. The average Bonchev–Trinajstić information content (AvgIpc) is 2.38. The van der Waals surface area contributed by atoms with E-state index in [-0.39, 0.29) is 5.91 Å². The van der Waals surface area contributed by atoms with Crippen LogP contribution in [0.3, 0.4) is 0 Å². The Labute approximate surface area is 101 Å². The molecule has 2 nitrogen and oxygen atoms in total. The molecule has 17 heavy (non-hydrogen) atoms. The molecule has 0 aromatic heterocycles. The lowest BCUT2D eigenvalue weighted by atomic mass is 9.96. The minimum absolute atomic E-state index is 0.0520. The SMILES string of the molecule is CNC(=O)c1ccccc1-c1ccccc1C. The number of rotatable bonds is 2. The van der Waals surface area contributed by atoms with Crippen molar-refractivity contribution >= 4 is 5.91 Å². The molecule has 86 valence electrons. The molecule has 0 saturated heterocycles. The maximum atomic E-state index is 11.8. The predicted molar refractivity (Wildman–Crippen MR) is 70.0 cm³/mol. The van der Waals surface area contributed by atoms with Crippen molar-refractivity contribution in [2.24, 2.45) is 0 Å².